The molecular formula is C16H23ClIN7O2. The average Bonchev–Trinajstić information content (AvgIpc) is 3.08. The lowest BCUT2D eigenvalue weighted by Crippen LogP contribution is -2.38. The summed E-state index contributed by atoms with van der Waals surface area (Å²) in [6, 6.07) is 3.72. The van der Waals surface area contributed by atoms with E-state index in [1.807, 2.05) is 13.0 Å². The maximum absolute atomic E-state index is 11.2. The normalized spacial score (nSPS) is 10.9. The minimum absolute atomic E-state index is 0. The highest BCUT2D eigenvalue weighted by Crippen LogP contribution is 2.05. The van der Waals surface area contributed by atoms with Gasteiger partial charge in [-0.3, -0.25) is 4.79 Å². The largest absolute Gasteiger partial charge is 0.468 e. The van der Waals surface area contributed by atoms with Gasteiger partial charge >= 0.3 is 5.97 Å². The number of halogens is 2. The summed E-state index contributed by atoms with van der Waals surface area (Å²) in [6.07, 6.45) is 4.22. The topological polar surface area (TPSA) is 106 Å². The minimum atomic E-state index is -0.378. The molecule has 0 saturated heterocycles. The highest BCUT2D eigenvalue weighted by Gasteiger charge is 2.06. The Morgan fingerprint density at radius 3 is 2.85 bits per heavy atom. The molecule has 0 radical (unpaired) electrons. The van der Waals surface area contributed by atoms with E-state index in [0.717, 1.165) is 18.5 Å². The molecule has 0 saturated carbocycles. The molecule has 148 valence electrons. The van der Waals surface area contributed by atoms with E-state index in [1.54, 1.807) is 18.5 Å². The van der Waals surface area contributed by atoms with Gasteiger partial charge in [0.15, 0.2) is 5.96 Å². The number of hydrogen-bond acceptors (Lipinski definition) is 6. The molecule has 0 aliphatic carbocycles. The molecule has 0 aromatic carbocycles. The Labute approximate surface area is 180 Å². The highest BCUT2D eigenvalue weighted by atomic mass is 127. The summed E-state index contributed by atoms with van der Waals surface area (Å²) in [4.78, 5) is 19.8. The van der Waals surface area contributed by atoms with Crippen molar-refractivity contribution in [1.82, 2.24) is 30.6 Å². The van der Waals surface area contributed by atoms with Crippen molar-refractivity contribution in [3.05, 3.63) is 40.9 Å². The Hall–Kier alpha value is -1.95. The summed E-state index contributed by atoms with van der Waals surface area (Å²) in [5.74, 6) is 0.300. The second kappa shape index (κ2) is 12.4. The van der Waals surface area contributed by atoms with E-state index in [0.29, 0.717) is 29.9 Å². The number of aliphatic imine (C=N–C) groups is 1. The monoisotopic (exact) mass is 507 g/mol. The number of rotatable bonds is 8. The van der Waals surface area contributed by atoms with Gasteiger partial charge in [0.1, 0.15) is 17.4 Å². The van der Waals surface area contributed by atoms with Crippen LogP contribution in [0.25, 0.3) is 0 Å². The van der Waals surface area contributed by atoms with Gasteiger partial charge in [-0.1, -0.05) is 22.9 Å². The Morgan fingerprint density at radius 2 is 2.19 bits per heavy atom. The van der Waals surface area contributed by atoms with Crippen molar-refractivity contribution < 1.29 is 9.53 Å². The lowest BCUT2D eigenvalue weighted by atomic mass is 10.2. The number of methoxy groups -OCH3 is 1. The van der Waals surface area contributed by atoms with E-state index < -0.39 is 0 Å². The van der Waals surface area contributed by atoms with Crippen molar-refractivity contribution in [3.8, 4) is 0 Å². The predicted octanol–water partition coefficient (Wildman–Crippen LogP) is 1.42. The molecule has 9 nitrogen and oxygen atoms in total. The second-order valence-corrected chi connectivity index (χ2v) is 5.73. The summed E-state index contributed by atoms with van der Waals surface area (Å²) < 4.78 is 6.02. The van der Waals surface area contributed by atoms with Gasteiger partial charge < -0.3 is 15.4 Å². The number of nitrogens with one attached hydrogen (secondary N) is 2. The van der Waals surface area contributed by atoms with Gasteiger partial charge in [0.2, 0.25) is 0 Å². The minimum Gasteiger partial charge on any atom is -0.468 e. The molecule has 27 heavy (non-hydrogen) atoms. The molecule has 0 bridgehead atoms. The Balaban J connectivity index is 0.00000364. The van der Waals surface area contributed by atoms with E-state index in [4.69, 9.17) is 11.6 Å². The van der Waals surface area contributed by atoms with Gasteiger partial charge in [0.25, 0.3) is 0 Å². The van der Waals surface area contributed by atoms with E-state index in [-0.39, 0.29) is 36.5 Å². The first-order chi connectivity index (χ1) is 12.6. The fraction of sp³-hybridized carbons (Fsp3) is 0.438. The van der Waals surface area contributed by atoms with Crippen LogP contribution in [0.3, 0.4) is 0 Å². The number of aromatic nitrogens is 4. The van der Waals surface area contributed by atoms with Gasteiger partial charge in [-0.2, -0.15) is 0 Å². The number of carbonyl (C=O) groups excluding carboxylic acids is 1. The molecule has 0 atom stereocenters. The van der Waals surface area contributed by atoms with Crippen molar-refractivity contribution >= 4 is 47.5 Å². The zero-order valence-electron chi connectivity index (χ0n) is 15.2. The molecule has 0 spiro atoms. The first-order valence-corrected chi connectivity index (χ1v) is 8.57. The van der Waals surface area contributed by atoms with Crippen LogP contribution in [0.15, 0.2) is 29.5 Å². The molecule has 0 aliphatic rings. The maximum atomic E-state index is 11.2. The van der Waals surface area contributed by atoms with Crippen molar-refractivity contribution in [1.29, 1.82) is 0 Å². The van der Waals surface area contributed by atoms with Crippen LogP contribution < -0.4 is 10.6 Å². The number of carbonyl (C=O) groups is 1. The third-order valence-electron chi connectivity index (χ3n) is 3.34. The van der Waals surface area contributed by atoms with E-state index in [2.05, 4.69) is 35.7 Å². The molecule has 0 aliphatic heterocycles. The number of esters is 1. The summed E-state index contributed by atoms with van der Waals surface area (Å²) in [6.45, 7) is 3.81. The number of pyridine rings is 1. The van der Waals surface area contributed by atoms with Crippen LogP contribution in [0.4, 0.5) is 0 Å². The summed E-state index contributed by atoms with van der Waals surface area (Å²) in [5, 5.41) is 14.8. The second-order valence-electron chi connectivity index (χ2n) is 5.34. The molecule has 0 fully saturated rings. The zero-order chi connectivity index (χ0) is 18.8. The predicted molar refractivity (Wildman–Crippen MR) is 113 cm³/mol. The molecule has 2 N–H and O–H groups in total. The van der Waals surface area contributed by atoms with Gasteiger partial charge in [0, 0.05) is 19.3 Å². The standard InChI is InChI=1S/C16H22ClN7O2.HI/c1-3-18-16(19-7-6-12-4-5-14(17)20-8-12)21-9-13-10-24(23-22-13)11-15(25)26-2;/h4-5,8,10H,3,6-7,9,11H2,1-2H3,(H2,18,19,21);1H. The van der Waals surface area contributed by atoms with Gasteiger partial charge in [-0.15, -0.1) is 29.1 Å². The molecule has 0 amide bonds. The van der Waals surface area contributed by atoms with Crippen molar-refractivity contribution in [2.45, 2.75) is 26.4 Å². The Morgan fingerprint density at radius 1 is 1.37 bits per heavy atom. The Kier molecular flexibility index (Phi) is 10.6. The smallest absolute Gasteiger partial charge is 0.327 e. The summed E-state index contributed by atoms with van der Waals surface area (Å²) in [5.41, 5.74) is 1.75. The molecule has 11 heteroatoms. The number of guanidine groups is 1. The molecule has 2 rings (SSSR count). The first kappa shape index (κ1) is 23.1. The van der Waals surface area contributed by atoms with Crippen LogP contribution in [-0.2, 0) is 29.0 Å². The van der Waals surface area contributed by atoms with Crippen LogP contribution in [0.5, 0.6) is 0 Å². The van der Waals surface area contributed by atoms with Crippen LogP contribution in [0.2, 0.25) is 5.15 Å². The molecule has 2 heterocycles. The number of hydrogen-bond donors (Lipinski definition) is 2. The summed E-state index contributed by atoms with van der Waals surface area (Å²) >= 11 is 5.78. The van der Waals surface area contributed by atoms with Gasteiger partial charge in [-0.05, 0) is 25.0 Å². The quantitative estimate of drug-likeness (QED) is 0.183. The lowest BCUT2D eigenvalue weighted by Gasteiger charge is -2.10. The lowest BCUT2D eigenvalue weighted by molar-refractivity contribution is -0.141. The third kappa shape index (κ3) is 8.52. The van der Waals surface area contributed by atoms with Gasteiger partial charge in [-0.25, -0.2) is 14.7 Å². The molecule has 2 aromatic heterocycles. The van der Waals surface area contributed by atoms with E-state index in [9.17, 15) is 4.79 Å². The zero-order valence-corrected chi connectivity index (χ0v) is 18.3. The van der Waals surface area contributed by atoms with Crippen molar-refractivity contribution in [2.24, 2.45) is 4.99 Å². The van der Waals surface area contributed by atoms with Gasteiger partial charge in [0.05, 0.1) is 19.9 Å². The maximum Gasteiger partial charge on any atom is 0.327 e. The molecular weight excluding hydrogens is 485 g/mol. The highest BCUT2D eigenvalue weighted by molar-refractivity contribution is 14.0. The molecule has 0 unspecified atom stereocenters. The van der Waals surface area contributed by atoms with Crippen molar-refractivity contribution in [3.63, 3.8) is 0 Å². The third-order valence-corrected chi connectivity index (χ3v) is 3.57. The first-order valence-electron chi connectivity index (χ1n) is 8.19. The van der Waals surface area contributed by atoms with E-state index in [1.165, 1.54) is 11.8 Å². The fourth-order valence-electron chi connectivity index (χ4n) is 2.07. The molecule has 2 aromatic rings. The van der Waals surface area contributed by atoms with Crippen LogP contribution >= 0.6 is 35.6 Å². The van der Waals surface area contributed by atoms with Crippen molar-refractivity contribution in [2.75, 3.05) is 20.2 Å². The van der Waals surface area contributed by atoms with Crippen LogP contribution in [0.1, 0.15) is 18.2 Å². The SMILES string of the molecule is CCNC(=NCc1cn(CC(=O)OC)nn1)NCCc1ccc(Cl)nc1.I. The fourth-order valence-corrected chi connectivity index (χ4v) is 2.18. The summed E-state index contributed by atoms with van der Waals surface area (Å²) in [7, 11) is 1.33. The Bertz CT molecular complexity index is 737. The van der Waals surface area contributed by atoms with E-state index >= 15 is 0 Å². The average molecular weight is 508 g/mol. The number of ether oxygens (including phenoxy) is 1. The van der Waals surface area contributed by atoms with Crippen LogP contribution in [0, 0.1) is 0 Å². The number of nitrogens with zero attached hydrogens (tertiary/aromatic N) is 5. The van der Waals surface area contributed by atoms with Crippen LogP contribution in [-0.4, -0.2) is 52.1 Å².